The first-order valence-corrected chi connectivity index (χ1v) is 6.53. The van der Waals surface area contributed by atoms with E-state index < -0.39 is 5.97 Å². The molecule has 1 aromatic rings. The average Bonchev–Trinajstić information content (AvgIpc) is 2.45. The van der Waals surface area contributed by atoms with Crippen molar-refractivity contribution in [3.8, 4) is 0 Å². The Hall–Kier alpha value is -2.14. The topological polar surface area (TPSA) is 69.6 Å². The van der Waals surface area contributed by atoms with Crippen LogP contribution in [0, 0.1) is 0 Å². The number of carbonyl (C=O) groups excluding carboxylic acids is 1. The molecule has 0 bridgehead atoms. The maximum atomic E-state index is 12.6. The summed E-state index contributed by atoms with van der Waals surface area (Å²) in [6.07, 6.45) is 1.54. The highest BCUT2D eigenvalue weighted by Gasteiger charge is 2.30. The Kier molecular flexibility index (Phi) is 4.53. The first kappa shape index (κ1) is 14.3. The maximum Gasteiger partial charge on any atom is 0.323 e. The van der Waals surface area contributed by atoms with Crippen molar-refractivity contribution in [1.82, 2.24) is 10.2 Å². The Morgan fingerprint density at radius 1 is 1.45 bits per heavy atom. The van der Waals surface area contributed by atoms with Crippen molar-refractivity contribution in [2.24, 2.45) is 0 Å². The predicted molar refractivity (Wildman–Crippen MR) is 75.3 cm³/mol. The van der Waals surface area contributed by atoms with Crippen LogP contribution >= 0.6 is 0 Å². The summed E-state index contributed by atoms with van der Waals surface area (Å²) < 4.78 is 0. The summed E-state index contributed by atoms with van der Waals surface area (Å²) in [5.74, 6) is -1.52. The zero-order valence-electron chi connectivity index (χ0n) is 11.2. The van der Waals surface area contributed by atoms with Crippen molar-refractivity contribution in [1.29, 1.82) is 0 Å². The van der Waals surface area contributed by atoms with Crippen LogP contribution in [0.5, 0.6) is 0 Å². The van der Waals surface area contributed by atoms with Gasteiger partial charge in [0.25, 0.3) is 0 Å². The van der Waals surface area contributed by atoms with Crippen LogP contribution in [0.3, 0.4) is 0 Å². The molecule has 0 spiro atoms. The lowest BCUT2D eigenvalue weighted by molar-refractivity contribution is -0.144. The molecule has 1 aliphatic heterocycles. The SMILES string of the molecule is C=CCN(CC(=O)O)C(=O)C1CNCc2ccccc21. The highest BCUT2D eigenvalue weighted by Crippen LogP contribution is 2.25. The molecule has 20 heavy (non-hydrogen) atoms. The minimum absolute atomic E-state index is 0.174. The molecule has 1 aromatic carbocycles. The second kappa shape index (κ2) is 6.34. The lowest BCUT2D eigenvalue weighted by atomic mass is 9.90. The minimum Gasteiger partial charge on any atom is -0.480 e. The molecule has 1 atom stereocenters. The number of hydrogen-bond acceptors (Lipinski definition) is 3. The smallest absolute Gasteiger partial charge is 0.323 e. The van der Waals surface area contributed by atoms with Crippen LogP contribution in [-0.2, 0) is 16.1 Å². The molecule has 5 nitrogen and oxygen atoms in total. The van der Waals surface area contributed by atoms with E-state index in [-0.39, 0.29) is 24.9 Å². The van der Waals surface area contributed by atoms with E-state index in [4.69, 9.17) is 5.11 Å². The van der Waals surface area contributed by atoms with Gasteiger partial charge in [-0.2, -0.15) is 0 Å². The second-order valence-corrected chi connectivity index (χ2v) is 4.78. The fourth-order valence-corrected chi connectivity index (χ4v) is 2.49. The van der Waals surface area contributed by atoms with Gasteiger partial charge in [0.1, 0.15) is 6.54 Å². The summed E-state index contributed by atoms with van der Waals surface area (Å²) in [5, 5.41) is 12.1. The van der Waals surface area contributed by atoms with Crippen LogP contribution in [0.4, 0.5) is 0 Å². The number of carboxylic acids is 1. The number of aliphatic carboxylic acids is 1. The van der Waals surface area contributed by atoms with E-state index in [1.165, 1.54) is 4.90 Å². The van der Waals surface area contributed by atoms with E-state index in [0.717, 1.165) is 17.7 Å². The standard InChI is InChI=1S/C15H18N2O3/c1-2-7-17(10-14(18)19)15(20)13-9-16-8-11-5-3-4-6-12(11)13/h2-6,13,16H,1,7-10H2,(H,18,19). The van der Waals surface area contributed by atoms with Gasteiger partial charge in [-0.05, 0) is 11.1 Å². The van der Waals surface area contributed by atoms with Crippen molar-refractivity contribution in [2.75, 3.05) is 19.6 Å². The predicted octanol–water partition coefficient (Wildman–Crippen LogP) is 0.973. The monoisotopic (exact) mass is 274 g/mol. The number of carbonyl (C=O) groups is 2. The number of benzene rings is 1. The third-order valence-electron chi connectivity index (χ3n) is 3.38. The summed E-state index contributed by atoms with van der Waals surface area (Å²) in [7, 11) is 0. The molecule has 2 N–H and O–H groups in total. The van der Waals surface area contributed by atoms with E-state index in [2.05, 4.69) is 11.9 Å². The van der Waals surface area contributed by atoms with Crippen molar-refractivity contribution in [2.45, 2.75) is 12.5 Å². The molecular formula is C15H18N2O3. The van der Waals surface area contributed by atoms with E-state index in [1.54, 1.807) is 6.08 Å². The normalized spacial score (nSPS) is 17.1. The molecule has 0 radical (unpaired) electrons. The Morgan fingerprint density at radius 2 is 2.20 bits per heavy atom. The summed E-state index contributed by atoms with van der Waals surface area (Å²) in [5.41, 5.74) is 2.07. The molecular weight excluding hydrogens is 256 g/mol. The summed E-state index contributed by atoms with van der Waals surface area (Å²) >= 11 is 0. The first-order valence-electron chi connectivity index (χ1n) is 6.53. The Balaban J connectivity index is 2.23. The van der Waals surface area contributed by atoms with Crippen molar-refractivity contribution in [3.63, 3.8) is 0 Å². The molecule has 0 saturated heterocycles. The molecule has 0 aromatic heterocycles. The number of carboxylic acid groups (broad SMARTS) is 1. The summed E-state index contributed by atoms with van der Waals surface area (Å²) in [6.45, 7) is 4.78. The lowest BCUT2D eigenvalue weighted by Crippen LogP contribution is -2.43. The van der Waals surface area contributed by atoms with Gasteiger partial charge in [-0.25, -0.2) is 0 Å². The lowest BCUT2D eigenvalue weighted by Gasteiger charge is -2.30. The first-order chi connectivity index (χ1) is 9.63. The summed E-state index contributed by atoms with van der Waals surface area (Å²) in [6, 6.07) is 7.76. The minimum atomic E-state index is -1.02. The number of fused-ring (bicyclic) bond motifs is 1. The van der Waals surface area contributed by atoms with Crippen LogP contribution in [0.2, 0.25) is 0 Å². The molecule has 1 amide bonds. The van der Waals surface area contributed by atoms with Gasteiger partial charge in [0.15, 0.2) is 0 Å². The van der Waals surface area contributed by atoms with E-state index >= 15 is 0 Å². The van der Waals surface area contributed by atoms with Crippen molar-refractivity contribution >= 4 is 11.9 Å². The van der Waals surface area contributed by atoms with Gasteiger partial charge < -0.3 is 15.3 Å². The van der Waals surface area contributed by atoms with Gasteiger partial charge in [0.2, 0.25) is 5.91 Å². The van der Waals surface area contributed by atoms with Crippen molar-refractivity contribution in [3.05, 3.63) is 48.0 Å². The zero-order valence-corrected chi connectivity index (χ0v) is 11.2. The number of rotatable bonds is 5. The number of hydrogen-bond donors (Lipinski definition) is 2. The molecule has 106 valence electrons. The fourth-order valence-electron chi connectivity index (χ4n) is 2.49. The highest BCUT2D eigenvalue weighted by atomic mass is 16.4. The van der Waals surface area contributed by atoms with Gasteiger partial charge in [-0.15, -0.1) is 6.58 Å². The van der Waals surface area contributed by atoms with E-state index in [9.17, 15) is 9.59 Å². The van der Waals surface area contributed by atoms with Crippen LogP contribution in [0.25, 0.3) is 0 Å². The highest BCUT2D eigenvalue weighted by molar-refractivity contribution is 5.87. The molecule has 0 fully saturated rings. The van der Waals surface area contributed by atoms with Gasteiger partial charge >= 0.3 is 5.97 Å². The van der Waals surface area contributed by atoms with Crippen LogP contribution in [0.1, 0.15) is 17.0 Å². The maximum absolute atomic E-state index is 12.6. The van der Waals surface area contributed by atoms with E-state index in [1.807, 2.05) is 24.3 Å². The average molecular weight is 274 g/mol. The largest absolute Gasteiger partial charge is 0.480 e. The van der Waals surface area contributed by atoms with Crippen LogP contribution in [-0.4, -0.2) is 41.5 Å². The number of nitrogens with zero attached hydrogens (tertiary/aromatic N) is 1. The third kappa shape index (κ3) is 3.05. The third-order valence-corrected chi connectivity index (χ3v) is 3.38. The Labute approximate surface area is 117 Å². The van der Waals surface area contributed by atoms with Crippen LogP contribution < -0.4 is 5.32 Å². The van der Waals surface area contributed by atoms with Gasteiger partial charge in [-0.3, -0.25) is 9.59 Å². The molecule has 0 saturated carbocycles. The van der Waals surface area contributed by atoms with Crippen molar-refractivity contribution < 1.29 is 14.7 Å². The van der Waals surface area contributed by atoms with Gasteiger partial charge in [0, 0.05) is 19.6 Å². The number of nitrogens with one attached hydrogen (secondary N) is 1. The molecule has 1 aliphatic rings. The fraction of sp³-hybridized carbons (Fsp3) is 0.333. The quantitative estimate of drug-likeness (QED) is 0.785. The van der Waals surface area contributed by atoms with Gasteiger partial charge in [-0.1, -0.05) is 30.3 Å². The summed E-state index contributed by atoms with van der Waals surface area (Å²) in [4.78, 5) is 24.8. The zero-order chi connectivity index (χ0) is 14.5. The van der Waals surface area contributed by atoms with Crippen LogP contribution in [0.15, 0.2) is 36.9 Å². The van der Waals surface area contributed by atoms with Gasteiger partial charge in [0.05, 0.1) is 5.92 Å². The second-order valence-electron chi connectivity index (χ2n) is 4.78. The Bertz CT molecular complexity index is 528. The Morgan fingerprint density at radius 3 is 2.90 bits per heavy atom. The molecule has 1 heterocycles. The molecule has 0 aliphatic carbocycles. The molecule has 5 heteroatoms. The number of amides is 1. The van der Waals surface area contributed by atoms with E-state index in [0.29, 0.717) is 6.54 Å². The molecule has 2 rings (SSSR count). The molecule has 1 unspecified atom stereocenters.